The molecule has 12 heteroatoms. The van der Waals surface area contributed by atoms with Crippen molar-refractivity contribution >= 4 is 6.20 Å². The van der Waals surface area contributed by atoms with Crippen LogP contribution in [0.3, 0.4) is 0 Å². The second kappa shape index (κ2) is 8.60. The number of likely N-dealkylation sites (tertiary alicyclic amines) is 1. The number of aliphatic hydroxyl groups is 1. The van der Waals surface area contributed by atoms with Gasteiger partial charge in [-0.05, 0) is 44.3 Å². The lowest BCUT2D eigenvalue weighted by Gasteiger charge is -2.42. The van der Waals surface area contributed by atoms with E-state index in [9.17, 15) is 31.4 Å². The smallest absolute Gasteiger partial charge is 0.375 e. The van der Waals surface area contributed by atoms with Crippen molar-refractivity contribution in [3.05, 3.63) is 41.7 Å². The molecule has 0 spiro atoms. The van der Waals surface area contributed by atoms with Gasteiger partial charge in [0.2, 0.25) is 0 Å². The van der Waals surface area contributed by atoms with E-state index in [4.69, 9.17) is 0 Å². The summed E-state index contributed by atoms with van der Waals surface area (Å²) in [6.45, 7) is 2.31. The molecule has 0 bridgehead atoms. The van der Waals surface area contributed by atoms with Crippen molar-refractivity contribution in [2.24, 2.45) is 5.92 Å². The molecule has 1 fully saturated rings. The summed E-state index contributed by atoms with van der Waals surface area (Å²) in [4.78, 5) is 7.66. The molecule has 2 aromatic rings. The van der Waals surface area contributed by atoms with Gasteiger partial charge in [0.1, 0.15) is 12.6 Å². The lowest BCUT2D eigenvalue weighted by Crippen LogP contribution is -2.54. The number of benzene rings is 1. The SMILES string of the molecule is CN(C)CC1CN(C(O)/C=C\n2cnc(-c3cc(C(F)(F)F)cc(C(F)(F)F)c3)n2)C1. The molecule has 31 heavy (non-hydrogen) atoms. The first-order valence-electron chi connectivity index (χ1n) is 9.29. The fourth-order valence-electron chi connectivity index (χ4n) is 3.31. The quantitative estimate of drug-likeness (QED) is 0.687. The fraction of sp³-hybridized carbons (Fsp3) is 0.474. The summed E-state index contributed by atoms with van der Waals surface area (Å²) in [6.07, 6.45) is -6.90. The highest BCUT2D eigenvalue weighted by molar-refractivity contribution is 5.58. The first-order valence-corrected chi connectivity index (χ1v) is 9.29. The van der Waals surface area contributed by atoms with Crippen LogP contribution < -0.4 is 0 Å². The van der Waals surface area contributed by atoms with Crippen LogP contribution >= 0.6 is 0 Å². The van der Waals surface area contributed by atoms with E-state index >= 15 is 0 Å². The zero-order valence-corrected chi connectivity index (χ0v) is 16.7. The average Bonchev–Trinajstić information content (AvgIpc) is 3.09. The van der Waals surface area contributed by atoms with Gasteiger partial charge in [-0.15, -0.1) is 5.10 Å². The topological polar surface area (TPSA) is 57.4 Å². The van der Waals surface area contributed by atoms with Crippen molar-refractivity contribution in [2.45, 2.75) is 18.6 Å². The molecule has 6 nitrogen and oxygen atoms in total. The molecule has 1 saturated heterocycles. The molecular formula is C19H21F6N5O. The Morgan fingerprint density at radius 2 is 1.68 bits per heavy atom. The van der Waals surface area contributed by atoms with Crippen LogP contribution in [0, 0.1) is 5.92 Å². The largest absolute Gasteiger partial charge is 0.416 e. The van der Waals surface area contributed by atoms with Gasteiger partial charge in [0.05, 0.1) is 11.1 Å². The molecule has 1 aromatic heterocycles. The number of rotatable bonds is 6. The summed E-state index contributed by atoms with van der Waals surface area (Å²) in [6, 6.07) is 1.18. The van der Waals surface area contributed by atoms with Crippen LogP contribution in [0.5, 0.6) is 0 Å². The third kappa shape index (κ3) is 5.83. The number of hydrogen-bond donors (Lipinski definition) is 1. The lowest BCUT2D eigenvalue weighted by molar-refractivity contribution is -0.143. The van der Waals surface area contributed by atoms with Crippen LogP contribution in [0.1, 0.15) is 11.1 Å². The summed E-state index contributed by atoms with van der Waals surface area (Å²) in [5, 5.41) is 14.1. The number of halogens is 6. The highest BCUT2D eigenvalue weighted by Gasteiger charge is 2.37. The normalized spacial score (nSPS) is 17.5. The molecule has 1 N–H and O–H groups in total. The van der Waals surface area contributed by atoms with Crippen molar-refractivity contribution in [3.63, 3.8) is 0 Å². The Hall–Kier alpha value is -2.44. The van der Waals surface area contributed by atoms with Crippen LogP contribution in [0.4, 0.5) is 26.3 Å². The van der Waals surface area contributed by atoms with Crippen LogP contribution in [0.2, 0.25) is 0 Å². The summed E-state index contributed by atoms with van der Waals surface area (Å²) in [5.41, 5.74) is -3.29. The monoisotopic (exact) mass is 449 g/mol. The predicted octanol–water partition coefficient (Wildman–Crippen LogP) is 3.27. The minimum absolute atomic E-state index is 0.0490. The van der Waals surface area contributed by atoms with Crippen LogP contribution in [0.25, 0.3) is 17.6 Å². The second-order valence-corrected chi connectivity index (χ2v) is 7.68. The molecule has 1 aromatic carbocycles. The zero-order chi connectivity index (χ0) is 23.0. The van der Waals surface area contributed by atoms with Gasteiger partial charge < -0.3 is 10.0 Å². The second-order valence-electron chi connectivity index (χ2n) is 7.68. The van der Waals surface area contributed by atoms with E-state index in [2.05, 4.69) is 15.0 Å². The first kappa shape index (κ1) is 23.2. The van der Waals surface area contributed by atoms with E-state index in [1.165, 1.54) is 12.3 Å². The van der Waals surface area contributed by atoms with Gasteiger partial charge in [0.25, 0.3) is 0 Å². The van der Waals surface area contributed by atoms with E-state index in [1.807, 2.05) is 19.0 Å². The number of aromatic nitrogens is 3. The third-order valence-electron chi connectivity index (χ3n) is 4.75. The first-order chi connectivity index (χ1) is 14.3. The molecule has 170 valence electrons. The summed E-state index contributed by atoms with van der Waals surface area (Å²) >= 11 is 0. The van der Waals surface area contributed by atoms with Gasteiger partial charge in [-0.2, -0.15) is 26.3 Å². The number of aliphatic hydroxyl groups excluding tert-OH is 1. The Bertz CT molecular complexity index is 898. The molecule has 1 atom stereocenters. The predicted molar refractivity (Wildman–Crippen MR) is 100 cm³/mol. The van der Waals surface area contributed by atoms with Gasteiger partial charge in [-0.25, -0.2) is 9.67 Å². The van der Waals surface area contributed by atoms with Crippen molar-refractivity contribution in [3.8, 4) is 11.4 Å². The Morgan fingerprint density at radius 1 is 1.10 bits per heavy atom. The molecule has 0 amide bonds. The van der Waals surface area contributed by atoms with Gasteiger partial charge in [0, 0.05) is 31.4 Å². The maximum atomic E-state index is 13.0. The van der Waals surface area contributed by atoms with E-state index in [-0.39, 0.29) is 11.9 Å². The van der Waals surface area contributed by atoms with Crippen molar-refractivity contribution in [2.75, 3.05) is 33.7 Å². The van der Waals surface area contributed by atoms with Gasteiger partial charge in [-0.3, -0.25) is 4.90 Å². The molecule has 1 aliphatic rings. The van der Waals surface area contributed by atoms with Crippen molar-refractivity contribution in [1.29, 1.82) is 0 Å². The number of nitrogens with zero attached hydrogens (tertiary/aromatic N) is 5. The molecule has 3 rings (SSSR count). The molecule has 2 heterocycles. The number of alkyl halides is 6. The maximum Gasteiger partial charge on any atom is 0.416 e. The molecule has 0 saturated carbocycles. The van der Waals surface area contributed by atoms with Crippen molar-refractivity contribution in [1.82, 2.24) is 24.6 Å². The van der Waals surface area contributed by atoms with Crippen molar-refractivity contribution < 1.29 is 31.4 Å². The Balaban J connectivity index is 1.74. The maximum absolute atomic E-state index is 13.0. The highest BCUT2D eigenvalue weighted by atomic mass is 19.4. The minimum atomic E-state index is -4.95. The standard InChI is InChI=1S/C19H21F6N5O/c1-28(2)8-12-9-29(10-12)16(31)3-4-30-11-26-17(27-30)13-5-14(18(20,21)22)7-15(6-13)19(23,24)25/h3-7,11-12,16,31H,8-10H2,1-2H3/b4-3-. The van der Waals surface area contributed by atoms with E-state index in [0.29, 0.717) is 31.1 Å². The zero-order valence-electron chi connectivity index (χ0n) is 16.7. The van der Waals surface area contributed by atoms with Crippen LogP contribution in [-0.2, 0) is 12.4 Å². The summed E-state index contributed by atoms with van der Waals surface area (Å²) in [5.74, 6) is 0.144. The lowest BCUT2D eigenvalue weighted by atomic mass is 9.99. The molecular weight excluding hydrogens is 428 g/mol. The molecule has 1 unspecified atom stereocenters. The Morgan fingerprint density at radius 3 is 2.19 bits per heavy atom. The summed E-state index contributed by atoms with van der Waals surface area (Å²) < 4.78 is 79.2. The van der Waals surface area contributed by atoms with Gasteiger partial charge >= 0.3 is 12.4 Å². The van der Waals surface area contributed by atoms with Crippen LogP contribution in [-0.4, -0.2) is 69.6 Å². The molecule has 0 aliphatic carbocycles. The van der Waals surface area contributed by atoms with Gasteiger partial charge in [-0.1, -0.05) is 0 Å². The average molecular weight is 449 g/mol. The third-order valence-corrected chi connectivity index (χ3v) is 4.75. The summed E-state index contributed by atoms with van der Waals surface area (Å²) in [7, 11) is 3.92. The van der Waals surface area contributed by atoms with E-state index in [1.54, 1.807) is 0 Å². The van der Waals surface area contributed by atoms with Gasteiger partial charge in [0.15, 0.2) is 5.82 Å². The van der Waals surface area contributed by atoms with E-state index < -0.39 is 35.3 Å². The van der Waals surface area contributed by atoms with E-state index in [0.717, 1.165) is 17.6 Å². The Labute approximate surface area is 174 Å². The minimum Gasteiger partial charge on any atom is -0.375 e. The molecule has 0 radical (unpaired) electrons. The fourth-order valence-corrected chi connectivity index (χ4v) is 3.31. The number of hydrogen-bond acceptors (Lipinski definition) is 5. The van der Waals surface area contributed by atoms with Crippen LogP contribution in [0.15, 0.2) is 30.6 Å². The molecule has 1 aliphatic heterocycles. The Kier molecular flexibility index (Phi) is 6.44. The highest BCUT2D eigenvalue weighted by Crippen LogP contribution is 2.38.